The standard InChI is InChI=1S/C13H15F4NO2/c1-13(2,3)4-5-18-12(19)20-11-9(16)7(14)6-8(15)10(11)17/h6H,4-5H2,1-3H3,(H,18,19). The molecule has 0 unspecified atom stereocenters. The van der Waals surface area contributed by atoms with Crippen LogP contribution in [0.1, 0.15) is 27.2 Å². The van der Waals surface area contributed by atoms with Gasteiger partial charge in [0.05, 0.1) is 0 Å². The summed E-state index contributed by atoms with van der Waals surface area (Å²) in [5.74, 6) is -8.18. The summed E-state index contributed by atoms with van der Waals surface area (Å²) in [4.78, 5) is 11.3. The average molecular weight is 293 g/mol. The zero-order valence-corrected chi connectivity index (χ0v) is 11.3. The van der Waals surface area contributed by atoms with Crippen molar-refractivity contribution in [1.82, 2.24) is 5.32 Å². The van der Waals surface area contributed by atoms with E-state index in [1.165, 1.54) is 0 Å². The number of halogens is 4. The Morgan fingerprint density at radius 2 is 1.65 bits per heavy atom. The van der Waals surface area contributed by atoms with Gasteiger partial charge in [-0.15, -0.1) is 0 Å². The van der Waals surface area contributed by atoms with E-state index in [4.69, 9.17) is 0 Å². The maximum absolute atomic E-state index is 13.2. The number of amides is 1. The zero-order valence-electron chi connectivity index (χ0n) is 11.3. The molecule has 0 saturated heterocycles. The van der Waals surface area contributed by atoms with Crippen molar-refractivity contribution in [1.29, 1.82) is 0 Å². The van der Waals surface area contributed by atoms with Crippen LogP contribution in [0.15, 0.2) is 6.07 Å². The van der Waals surface area contributed by atoms with E-state index in [9.17, 15) is 22.4 Å². The monoisotopic (exact) mass is 293 g/mol. The van der Waals surface area contributed by atoms with E-state index < -0.39 is 35.1 Å². The summed E-state index contributed by atoms with van der Waals surface area (Å²) in [7, 11) is 0. The van der Waals surface area contributed by atoms with Crippen LogP contribution in [-0.4, -0.2) is 12.6 Å². The Hall–Kier alpha value is -1.79. The fourth-order valence-electron chi connectivity index (χ4n) is 1.31. The minimum Gasteiger partial charge on any atom is -0.404 e. The summed E-state index contributed by atoms with van der Waals surface area (Å²) in [5, 5.41) is 2.24. The maximum atomic E-state index is 13.2. The van der Waals surface area contributed by atoms with Crippen molar-refractivity contribution >= 4 is 6.09 Å². The Labute approximate surface area is 113 Å². The largest absolute Gasteiger partial charge is 0.412 e. The number of rotatable bonds is 3. The normalized spacial score (nSPS) is 11.3. The number of carbonyl (C=O) groups is 1. The number of benzene rings is 1. The van der Waals surface area contributed by atoms with Crippen molar-refractivity contribution < 1.29 is 27.1 Å². The van der Waals surface area contributed by atoms with Gasteiger partial charge in [-0.25, -0.2) is 13.6 Å². The van der Waals surface area contributed by atoms with Gasteiger partial charge in [0.25, 0.3) is 0 Å². The van der Waals surface area contributed by atoms with Crippen LogP contribution in [0, 0.1) is 28.7 Å². The number of carbonyl (C=O) groups excluding carboxylic acids is 1. The molecular weight excluding hydrogens is 278 g/mol. The van der Waals surface area contributed by atoms with Crippen LogP contribution in [0.4, 0.5) is 22.4 Å². The van der Waals surface area contributed by atoms with Gasteiger partial charge in [-0.1, -0.05) is 20.8 Å². The van der Waals surface area contributed by atoms with Gasteiger partial charge in [0, 0.05) is 12.6 Å². The van der Waals surface area contributed by atoms with Gasteiger partial charge < -0.3 is 10.1 Å². The molecule has 0 saturated carbocycles. The van der Waals surface area contributed by atoms with Crippen LogP contribution in [0.2, 0.25) is 0 Å². The first kappa shape index (κ1) is 16.3. The second kappa shape index (κ2) is 6.11. The molecule has 0 aliphatic carbocycles. The van der Waals surface area contributed by atoms with E-state index in [1.807, 2.05) is 20.8 Å². The van der Waals surface area contributed by atoms with E-state index in [1.54, 1.807) is 0 Å². The minimum absolute atomic E-state index is 0.0367. The van der Waals surface area contributed by atoms with Gasteiger partial charge in [0.2, 0.25) is 17.4 Å². The molecule has 7 heteroatoms. The van der Waals surface area contributed by atoms with Crippen molar-refractivity contribution in [2.24, 2.45) is 5.41 Å². The number of ether oxygens (including phenoxy) is 1. The molecule has 1 aromatic carbocycles. The lowest BCUT2D eigenvalue weighted by molar-refractivity contribution is 0.192. The van der Waals surface area contributed by atoms with Crippen molar-refractivity contribution in [2.45, 2.75) is 27.2 Å². The highest BCUT2D eigenvalue weighted by Crippen LogP contribution is 2.26. The lowest BCUT2D eigenvalue weighted by Crippen LogP contribution is -2.30. The maximum Gasteiger partial charge on any atom is 0.412 e. The Kier molecular flexibility index (Phi) is 4.97. The van der Waals surface area contributed by atoms with Crippen molar-refractivity contribution in [3.63, 3.8) is 0 Å². The van der Waals surface area contributed by atoms with E-state index in [0.717, 1.165) is 0 Å². The van der Waals surface area contributed by atoms with E-state index in [-0.39, 0.29) is 18.0 Å². The molecule has 0 spiro atoms. The number of nitrogens with one attached hydrogen (secondary N) is 1. The Balaban J connectivity index is 2.72. The summed E-state index contributed by atoms with van der Waals surface area (Å²) < 4.78 is 56.5. The number of hydrogen-bond acceptors (Lipinski definition) is 2. The lowest BCUT2D eigenvalue weighted by Gasteiger charge is -2.17. The predicted molar refractivity (Wildman–Crippen MR) is 64.4 cm³/mol. The summed E-state index contributed by atoms with van der Waals surface area (Å²) in [5.41, 5.74) is -0.0608. The molecule has 0 radical (unpaired) electrons. The topological polar surface area (TPSA) is 38.3 Å². The van der Waals surface area contributed by atoms with Crippen LogP contribution in [0.3, 0.4) is 0 Å². The third-order valence-corrected chi connectivity index (χ3v) is 2.41. The van der Waals surface area contributed by atoms with E-state index >= 15 is 0 Å². The first-order chi connectivity index (χ1) is 9.11. The first-order valence-corrected chi connectivity index (χ1v) is 5.90. The van der Waals surface area contributed by atoms with Crippen molar-refractivity contribution in [2.75, 3.05) is 6.54 Å². The Morgan fingerprint density at radius 3 is 2.10 bits per heavy atom. The number of hydrogen-bond donors (Lipinski definition) is 1. The van der Waals surface area contributed by atoms with Crippen LogP contribution in [0.5, 0.6) is 5.75 Å². The highest BCUT2D eigenvalue weighted by molar-refractivity contribution is 5.70. The van der Waals surface area contributed by atoms with Gasteiger partial charge >= 0.3 is 6.09 Å². The summed E-state index contributed by atoms with van der Waals surface area (Å²) >= 11 is 0. The molecule has 1 rings (SSSR count). The van der Waals surface area contributed by atoms with E-state index in [2.05, 4.69) is 10.1 Å². The predicted octanol–water partition coefficient (Wildman–Crippen LogP) is 3.77. The van der Waals surface area contributed by atoms with Crippen molar-refractivity contribution in [3.05, 3.63) is 29.3 Å². The zero-order chi connectivity index (χ0) is 15.5. The smallest absolute Gasteiger partial charge is 0.404 e. The molecule has 20 heavy (non-hydrogen) atoms. The van der Waals surface area contributed by atoms with Crippen LogP contribution in [-0.2, 0) is 0 Å². The SMILES string of the molecule is CC(C)(C)CCNC(=O)Oc1c(F)c(F)cc(F)c1F. The average Bonchev–Trinajstić information content (AvgIpc) is 2.30. The first-order valence-electron chi connectivity index (χ1n) is 5.90. The summed E-state index contributed by atoms with van der Waals surface area (Å²) in [6.45, 7) is 5.99. The molecule has 0 atom stereocenters. The van der Waals surface area contributed by atoms with Gasteiger partial charge in [-0.05, 0) is 11.8 Å². The van der Waals surface area contributed by atoms with Gasteiger partial charge in [0.15, 0.2) is 11.6 Å². The van der Waals surface area contributed by atoms with Crippen molar-refractivity contribution in [3.8, 4) is 5.75 Å². The molecule has 112 valence electrons. The van der Waals surface area contributed by atoms with Crippen LogP contribution >= 0.6 is 0 Å². The van der Waals surface area contributed by atoms with Gasteiger partial charge in [-0.2, -0.15) is 8.78 Å². The molecule has 0 fully saturated rings. The highest BCUT2D eigenvalue weighted by Gasteiger charge is 2.23. The second-order valence-corrected chi connectivity index (χ2v) is 5.42. The molecule has 0 aliphatic heterocycles. The second-order valence-electron chi connectivity index (χ2n) is 5.42. The highest BCUT2D eigenvalue weighted by atomic mass is 19.2. The Bertz CT molecular complexity index is 486. The Morgan fingerprint density at radius 1 is 1.15 bits per heavy atom. The van der Waals surface area contributed by atoms with Gasteiger partial charge in [0.1, 0.15) is 0 Å². The molecule has 1 N–H and O–H groups in total. The summed E-state index contributed by atoms with van der Waals surface area (Å²) in [6.07, 6.45) is -0.595. The van der Waals surface area contributed by atoms with Crippen LogP contribution < -0.4 is 10.1 Å². The molecular formula is C13H15F4NO2. The molecule has 0 aliphatic rings. The molecule has 0 heterocycles. The fourth-order valence-corrected chi connectivity index (χ4v) is 1.31. The third kappa shape index (κ3) is 4.40. The quantitative estimate of drug-likeness (QED) is 0.680. The summed E-state index contributed by atoms with van der Waals surface area (Å²) in [6, 6.07) is 0.0367. The third-order valence-electron chi connectivity index (χ3n) is 2.41. The van der Waals surface area contributed by atoms with Gasteiger partial charge in [-0.3, -0.25) is 0 Å². The molecule has 0 bridgehead atoms. The minimum atomic E-state index is -1.75. The van der Waals surface area contributed by atoms with Crippen LogP contribution in [0.25, 0.3) is 0 Å². The van der Waals surface area contributed by atoms with E-state index in [0.29, 0.717) is 6.42 Å². The lowest BCUT2D eigenvalue weighted by atomic mass is 9.92. The molecule has 1 amide bonds. The fraction of sp³-hybridized carbons (Fsp3) is 0.462. The molecule has 1 aromatic rings. The molecule has 3 nitrogen and oxygen atoms in total. The molecule has 0 aromatic heterocycles.